The van der Waals surface area contributed by atoms with Gasteiger partial charge in [-0.25, -0.2) is 0 Å². The second kappa shape index (κ2) is 11.1. The van der Waals surface area contributed by atoms with Crippen LogP contribution in [0, 0.1) is 13.8 Å². The second-order valence-corrected chi connectivity index (χ2v) is 10.0. The van der Waals surface area contributed by atoms with E-state index in [2.05, 4.69) is 91.2 Å². The lowest BCUT2D eigenvalue weighted by molar-refractivity contribution is 0.948. The Balaban J connectivity index is 1.49. The Kier molecular flexibility index (Phi) is 7.50. The van der Waals surface area contributed by atoms with Gasteiger partial charge < -0.3 is 10.6 Å². The summed E-state index contributed by atoms with van der Waals surface area (Å²) < 4.78 is 0. The molecule has 5 aromatic rings. The third kappa shape index (κ3) is 5.67. The second-order valence-electron chi connectivity index (χ2n) is 9.19. The van der Waals surface area contributed by atoms with Crippen LogP contribution in [0.15, 0.2) is 115 Å². The van der Waals surface area contributed by atoms with Gasteiger partial charge in [-0.1, -0.05) is 89.9 Å². The zero-order chi connectivity index (χ0) is 25.8. The third-order valence-corrected chi connectivity index (χ3v) is 7.28. The predicted octanol–water partition coefficient (Wildman–Crippen LogP) is 10.3. The van der Waals surface area contributed by atoms with Gasteiger partial charge in [-0.05, 0) is 90.2 Å². The fourth-order valence-corrected chi connectivity index (χ4v) is 5.13. The molecule has 2 nitrogen and oxygen atoms in total. The van der Waals surface area contributed by atoms with Gasteiger partial charge in [0.2, 0.25) is 0 Å². The minimum absolute atomic E-state index is 0.102. The van der Waals surface area contributed by atoms with E-state index in [0.717, 1.165) is 22.7 Å². The Morgan fingerprint density at radius 1 is 0.486 bits per heavy atom. The SMILES string of the molecule is Cc1cccc(C)c1C(c1ccc(Nc2ccccc2Cl)cc1)c1ccc(Nc2ccccc2Cl)cc1. The van der Waals surface area contributed by atoms with Crippen molar-refractivity contribution in [1.82, 2.24) is 0 Å². The Morgan fingerprint density at radius 3 is 1.30 bits per heavy atom. The van der Waals surface area contributed by atoms with Gasteiger partial charge in [-0.2, -0.15) is 0 Å². The summed E-state index contributed by atoms with van der Waals surface area (Å²) in [6.07, 6.45) is 0. The van der Waals surface area contributed by atoms with Crippen LogP contribution in [0.5, 0.6) is 0 Å². The lowest BCUT2D eigenvalue weighted by Crippen LogP contribution is -2.08. The highest BCUT2D eigenvalue weighted by Crippen LogP contribution is 2.37. The van der Waals surface area contributed by atoms with Crippen molar-refractivity contribution in [2.75, 3.05) is 10.6 Å². The molecule has 0 fully saturated rings. The van der Waals surface area contributed by atoms with Crippen molar-refractivity contribution in [3.63, 3.8) is 0 Å². The molecular weight excluding hydrogens is 495 g/mol. The van der Waals surface area contributed by atoms with E-state index in [1.54, 1.807) is 0 Å². The summed E-state index contributed by atoms with van der Waals surface area (Å²) >= 11 is 12.7. The number of hydrogen-bond acceptors (Lipinski definition) is 2. The van der Waals surface area contributed by atoms with E-state index >= 15 is 0 Å². The quantitative estimate of drug-likeness (QED) is 0.207. The van der Waals surface area contributed by atoms with Gasteiger partial charge in [0.05, 0.1) is 21.4 Å². The standard InChI is InChI=1S/C33H28Cl2N2/c1-22-8-7-9-23(2)32(22)33(24-14-18-26(19-15-24)36-30-12-5-3-10-28(30)34)25-16-20-27(21-17-25)37-31-13-6-4-11-29(31)35/h3-21,33,36-37H,1-2H3. The topological polar surface area (TPSA) is 24.1 Å². The number of anilines is 4. The van der Waals surface area contributed by atoms with Gasteiger partial charge in [0.15, 0.2) is 0 Å². The van der Waals surface area contributed by atoms with Crippen LogP contribution in [0.3, 0.4) is 0 Å². The average Bonchev–Trinajstić information content (AvgIpc) is 2.90. The lowest BCUT2D eigenvalue weighted by atomic mass is 9.81. The lowest BCUT2D eigenvalue weighted by Gasteiger charge is -2.24. The molecule has 0 atom stereocenters. The molecule has 0 amide bonds. The molecule has 0 radical (unpaired) electrons. The summed E-state index contributed by atoms with van der Waals surface area (Å²) in [5, 5.41) is 8.25. The van der Waals surface area contributed by atoms with Gasteiger partial charge in [-0.3, -0.25) is 0 Å². The summed E-state index contributed by atoms with van der Waals surface area (Å²) in [5.74, 6) is 0.102. The summed E-state index contributed by atoms with van der Waals surface area (Å²) in [5.41, 5.74) is 10.1. The number of hydrogen-bond donors (Lipinski definition) is 2. The Bertz CT molecular complexity index is 1400. The van der Waals surface area contributed by atoms with Crippen molar-refractivity contribution in [3.8, 4) is 0 Å². The number of aryl methyl sites for hydroxylation is 2. The van der Waals surface area contributed by atoms with E-state index in [9.17, 15) is 0 Å². The first-order valence-corrected chi connectivity index (χ1v) is 13.0. The number of halogens is 2. The molecule has 0 unspecified atom stereocenters. The third-order valence-electron chi connectivity index (χ3n) is 6.62. The fraction of sp³-hybridized carbons (Fsp3) is 0.0909. The van der Waals surface area contributed by atoms with Crippen LogP contribution >= 0.6 is 23.2 Å². The maximum atomic E-state index is 6.35. The van der Waals surface area contributed by atoms with Gasteiger partial charge >= 0.3 is 0 Å². The summed E-state index contributed by atoms with van der Waals surface area (Å²) in [7, 11) is 0. The molecule has 0 aromatic heterocycles. The normalized spacial score (nSPS) is 10.9. The van der Waals surface area contributed by atoms with Crippen LogP contribution in [0.2, 0.25) is 10.0 Å². The maximum absolute atomic E-state index is 6.35. The minimum Gasteiger partial charge on any atom is -0.354 e. The van der Waals surface area contributed by atoms with Gasteiger partial charge in [0, 0.05) is 17.3 Å². The van der Waals surface area contributed by atoms with E-state index in [1.807, 2.05) is 48.5 Å². The Labute approximate surface area is 228 Å². The van der Waals surface area contributed by atoms with Gasteiger partial charge in [-0.15, -0.1) is 0 Å². The highest BCUT2D eigenvalue weighted by atomic mass is 35.5. The van der Waals surface area contributed by atoms with E-state index in [4.69, 9.17) is 23.2 Å². The number of para-hydroxylation sites is 2. The molecule has 0 saturated carbocycles. The molecule has 0 heterocycles. The molecular formula is C33H28Cl2N2. The largest absolute Gasteiger partial charge is 0.354 e. The van der Waals surface area contributed by atoms with E-state index in [0.29, 0.717) is 10.0 Å². The predicted molar refractivity (Wildman–Crippen MR) is 159 cm³/mol. The molecule has 5 rings (SSSR count). The molecule has 37 heavy (non-hydrogen) atoms. The molecule has 0 saturated heterocycles. The zero-order valence-corrected chi connectivity index (χ0v) is 22.3. The molecule has 0 spiro atoms. The first kappa shape index (κ1) is 25.0. The van der Waals surface area contributed by atoms with Crippen molar-refractivity contribution in [3.05, 3.63) is 153 Å². The molecule has 0 aliphatic rings. The summed E-state index contributed by atoms with van der Waals surface area (Å²) in [6.45, 7) is 4.38. The molecule has 0 aliphatic heterocycles. The Hall–Kier alpha value is -3.72. The highest BCUT2D eigenvalue weighted by Gasteiger charge is 2.21. The molecule has 184 valence electrons. The van der Waals surface area contributed by atoms with Crippen molar-refractivity contribution >= 4 is 46.0 Å². The average molecular weight is 524 g/mol. The fourth-order valence-electron chi connectivity index (χ4n) is 4.76. The van der Waals surface area contributed by atoms with E-state index < -0.39 is 0 Å². The van der Waals surface area contributed by atoms with Crippen LogP contribution < -0.4 is 10.6 Å². The summed E-state index contributed by atoms with van der Waals surface area (Å²) in [6, 6.07) is 39.3. The monoisotopic (exact) mass is 522 g/mol. The number of benzene rings is 5. The molecule has 0 aliphatic carbocycles. The number of rotatable bonds is 7. The summed E-state index contributed by atoms with van der Waals surface area (Å²) in [4.78, 5) is 0. The van der Waals surface area contributed by atoms with Gasteiger partial charge in [0.25, 0.3) is 0 Å². The minimum atomic E-state index is 0.102. The van der Waals surface area contributed by atoms with Crippen LogP contribution in [-0.2, 0) is 0 Å². The zero-order valence-electron chi connectivity index (χ0n) is 20.8. The highest BCUT2D eigenvalue weighted by molar-refractivity contribution is 6.33. The van der Waals surface area contributed by atoms with E-state index in [1.165, 1.54) is 27.8 Å². The van der Waals surface area contributed by atoms with Crippen molar-refractivity contribution in [2.45, 2.75) is 19.8 Å². The molecule has 2 N–H and O–H groups in total. The van der Waals surface area contributed by atoms with Crippen LogP contribution in [0.4, 0.5) is 22.7 Å². The van der Waals surface area contributed by atoms with Gasteiger partial charge in [0.1, 0.15) is 0 Å². The maximum Gasteiger partial charge on any atom is 0.0640 e. The first-order valence-electron chi connectivity index (χ1n) is 12.3. The molecule has 4 heteroatoms. The molecule has 5 aromatic carbocycles. The first-order chi connectivity index (χ1) is 18.0. The Morgan fingerprint density at radius 2 is 0.892 bits per heavy atom. The van der Waals surface area contributed by atoms with Crippen molar-refractivity contribution < 1.29 is 0 Å². The molecule has 0 bridgehead atoms. The van der Waals surface area contributed by atoms with Crippen molar-refractivity contribution in [1.29, 1.82) is 0 Å². The number of nitrogens with one attached hydrogen (secondary N) is 2. The van der Waals surface area contributed by atoms with E-state index in [-0.39, 0.29) is 5.92 Å². The smallest absolute Gasteiger partial charge is 0.0640 e. The van der Waals surface area contributed by atoms with Crippen LogP contribution in [-0.4, -0.2) is 0 Å². The van der Waals surface area contributed by atoms with Crippen molar-refractivity contribution in [2.24, 2.45) is 0 Å². The van der Waals surface area contributed by atoms with Crippen LogP contribution in [0.1, 0.15) is 33.7 Å². The van der Waals surface area contributed by atoms with Crippen LogP contribution in [0.25, 0.3) is 0 Å².